The summed E-state index contributed by atoms with van der Waals surface area (Å²) in [4.78, 5) is 0. The molecule has 2 aliphatic rings. The van der Waals surface area contributed by atoms with E-state index in [-0.39, 0.29) is 0 Å². The SMILES string of the molecule is C1=Cc2ccc3c(Nc4ccc(-c5ccccc5)cc4)ccc4c3c2C(=CC4)C1. The molecule has 1 heteroatoms. The van der Waals surface area contributed by atoms with Crippen LogP contribution in [0.5, 0.6) is 0 Å². The standard InChI is InChI=1S/C28H21N/c1-2-5-19(6-3-1)20-11-15-24(16-12-20)29-26-18-14-23-10-9-21-7-4-8-22-13-17-25(26)28(23)27(21)22/h1-6,8-9,11-18,29H,7,10H2. The van der Waals surface area contributed by atoms with E-state index in [0.717, 1.165) is 18.5 Å². The summed E-state index contributed by atoms with van der Waals surface area (Å²) in [6.45, 7) is 0. The van der Waals surface area contributed by atoms with Gasteiger partial charge in [0.25, 0.3) is 0 Å². The van der Waals surface area contributed by atoms with E-state index in [1.165, 1.54) is 49.9 Å². The lowest BCUT2D eigenvalue weighted by atomic mass is 9.81. The zero-order chi connectivity index (χ0) is 19.2. The highest BCUT2D eigenvalue weighted by molar-refractivity contribution is 6.07. The molecule has 0 saturated heterocycles. The fourth-order valence-corrected chi connectivity index (χ4v) is 4.66. The van der Waals surface area contributed by atoms with Gasteiger partial charge >= 0.3 is 0 Å². The Morgan fingerprint density at radius 2 is 1.52 bits per heavy atom. The first-order valence-corrected chi connectivity index (χ1v) is 10.2. The van der Waals surface area contributed by atoms with Gasteiger partial charge < -0.3 is 5.32 Å². The van der Waals surface area contributed by atoms with Gasteiger partial charge in [0.2, 0.25) is 0 Å². The number of hydrogen-bond donors (Lipinski definition) is 1. The Balaban J connectivity index is 1.41. The molecule has 0 heterocycles. The predicted octanol–water partition coefficient (Wildman–Crippen LogP) is 7.61. The van der Waals surface area contributed by atoms with Crippen LogP contribution in [0.2, 0.25) is 0 Å². The first-order valence-electron chi connectivity index (χ1n) is 10.2. The maximum Gasteiger partial charge on any atom is 0.0464 e. The Kier molecular flexibility index (Phi) is 3.67. The van der Waals surface area contributed by atoms with Crippen molar-refractivity contribution in [1.29, 1.82) is 0 Å². The van der Waals surface area contributed by atoms with Crippen molar-refractivity contribution in [1.82, 2.24) is 0 Å². The van der Waals surface area contributed by atoms with Crippen molar-refractivity contribution in [2.45, 2.75) is 12.8 Å². The molecule has 0 saturated carbocycles. The first-order chi connectivity index (χ1) is 14.4. The smallest absolute Gasteiger partial charge is 0.0464 e. The topological polar surface area (TPSA) is 12.0 Å². The molecule has 4 aromatic rings. The molecular formula is C28H21N. The van der Waals surface area contributed by atoms with Crippen molar-refractivity contribution >= 4 is 33.8 Å². The Morgan fingerprint density at radius 3 is 2.38 bits per heavy atom. The van der Waals surface area contributed by atoms with Crippen LogP contribution >= 0.6 is 0 Å². The van der Waals surface area contributed by atoms with E-state index in [1.54, 1.807) is 0 Å². The molecule has 2 aliphatic carbocycles. The van der Waals surface area contributed by atoms with E-state index in [4.69, 9.17) is 0 Å². The second kappa shape index (κ2) is 6.49. The van der Waals surface area contributed by atoms with E-state index < -0.39 is 0 Å². The minimum absolute atomic E-state index is 1.03. The van der Waals surface area contributed by atoms with Crippen molar-refractivity contribution in [3.63, 3.8) is 0 Å². The summed E-state index contributed by atoms with van der Waals surface area (Å²) in [5.74, 6) is 0. The van der Waals surface area contributed by atoms with Crippen LogP contribution in [-0.4, -0.2) is 0 Å². The Bertz CT molecular complexity index is 1290. The molecule has 0 fully saturated rings. The van der Waals surface area contributed by atoms with Gasteiger partial charge in [0.05, 0.1) is 0 Å². The molecule has 0 radical (unpaired) electrons. The average Bonchev–Trinajstić information content (AvgIpc) is 2.79. The highest BCUT2D eigenvalue weighted by Gasteiger charge is 2.20. The fraction of sp³-hybridized carbons (Fsp3) is 0.0714. The Labute approximate surface area is 171 Å². The molecule has 0 aromatic heterocycles. The van der Waals surface area contributed by atoms with Crippen LogP contribution in [0.25, 0.3) is 33.5 Å². The summed E-state index contributed by atoms with van der Waals surface area (Å²) in [7, 11) is 0. The van der Waals surface area contributed by atoms with Crippen LogP contribution in [0.1, 0.15) is 23.1 Å². The first kappa shape index (κ1) is 16.4. The molecule has 0 unspecified atom stereocenters. The molecular weight excluding hydrogens is 350 g/mol. The molecule has 6 rings (SSSR count). The molecule has 0 aliphatic heterocycles. The van der Waals surface area contributed by atoms with Crippen LogP contribution in [0, 0.1) is 0 Å². The summed E-state index contributed by atoms with van der Waals surface area (Å²) in [6.07, 6.45) is 9.02. The summed E-state index contributed by atoms with van der Waals surface area (Å²) >= 11 is 0. The summed E-state index contributed by atoms with van der Waals surface area (Å²) < 4.78 is 0. The monoisotopic (exact) mass is 371 g/mol. The van der Waals surface area contributed by atoms with Crippen molar-refractivity contribution in [2.24, 2.45) is 0 Å². The summed E-state index contributed by atoms with van der Waals surface area (Å²) in [5, 5.41) is 6.40. The van der Waals surface area contributed by atoms with Gasteiger partial charge in [-0.3, -0.25) is 0 Å². The number of benzene rings is 4. The van der Waals surface area contributed by atoms with Gasteiger partial charge in [-0.05, 0) is 69.8 Å². The number of rotatable bonds is 3. The third-order valence-corrected chi connectivity index (χ3v) is 6.10. The van der Waals surface area contributed by atoms with E-state index in [0.29, 0.717) is 0 Å². The van der Waals surface area contributed by atoms with Gasteiger partial charge in [-0.1, -0.05) is 78.9 Å². The van der Waals surface area contributed by atoms with E-state index >= 15 is 0 Å². The number of allylic oxidation sites excluding steroid dienone is 3. The Hall–Kier alpha value is -3.58. The molecule has 1 nitrogen and oxygen atoms in total. The minimum Gasteiger partial charge on any atom is -0.355 e. The van der Waals surface area contributed by atoms with Gasteiger partial charge in [0.15, 0.2) is 0 Å². The van der Waals surface area contributed by atoms with Crippen molar-refractivity contribution < 1.29 is 0 Å². The zero-order valence-corrected chi connectivity index (χ0v) is 16.2. The average molecular weight is 371 g/mol. The lowest BCUT2D eigenvalue weighted by Gasteiger charge is -2.24. The molecule has 0 amide bonds. The third-order valence-electron chi connectivity index (χ3n) is 6.10. The van der Waals surface area contributed by atoms with Crippen LogP contribution in [0.4, 0.5) is 11.4 Å². The molecule has 0 spiro atoms. The zero-order valence-electron chi connectivity index (χ0n) is 16.2. The van der Waals surface area contributed by atoms with Gasteiger partial charge in [0.1, 0.15) is 0 Å². The lowest BCUT2D eigenvalue weighted by Crippen LogP contribution is -2.04. The van der Waals surface area contributed by atoms with Crippen LogP contribution in [0.15, 0.2) is 91.0 Å². The third kappa shape index (κ3) is 2.70. The van der Waals surface area contributed by atoms with Gasteiger partial charge in [-0.2, -0.15) is 0 Å². The van der Waals surface area contributed by atoms with Crippen LogP contribution in [-0.2, 0) is 6.42 Å². The van der Waals surface area contributed by atoms with Crippen LogP contribution in [0.3, 0.4) is 0 Å². The molecule has 1 N–H and O–H groups in total. The number of anilines is 2. The maximum absolute atomic E-state index is 3.66. The van der Waals surface area contributed by atoms with Crippen molar-refractivity contribution in [2.75, 3.05) is 5.32 Å². The molecule has 0 atom stereocenters. The summed E-state index contributed by atoms with van der Waals surface area (Å²) in [6, 6.07) is 28.3. The van der Waals surface area contributed by atoms with Gasteiger partial charge in [-0.15, -0.1) is 0 Å². The molecule has 0 bridgehead atoms. The maximum atomic E-state index is 3.66. The van der Waals surface area contributed by atoms with E-state index in [9.17, 15) is 0 Å². The van der Waals surface area contributed by atoms with E-state index in [1.807, 2.05) is 0 Å². The number of nitrogens with one attached hydrogen (secondary N) is 1. The number of hydrogen-bond acceptors (Lipinski definition) is 1. The Morgan fingerprint density at radius 1 is 0.690 bits per heavy atom. The summed E-state index contributed by atoms with van der Waals surface area (Å²) in [5.41, 5.74) is 10.5. The lowest BCUT2D eigenvalue weighted by molar-refractivity contribution is 1.23. The van der Waals surface area contributed by atoms with Crippen molar-refractivity contribution in [3.8, 4) is 11.1 Å². The van der Waals surface area contributed by atoms with E-state index in [2.05, 4.69) is 102 Å². The molecule has 138 valence electrons. The second-order valence-corrected chi connectivity index (χ2v) is 7.83. The van der Waals surface area contributed by atoms with Gasteiger partial charge in [0, 0.05) is 16.8 Å². The van der Waals surface area contributed by atoms with Crippen molar-refractivity contribution in [3.05, 3.63) is 108 Å². The molecule has 4 aromatic carbocycles. The quantitative estimate of drug-likeness (QED) is 0.391. The largest absolute Gasteiger partial charge is 0.355 e. The highest BCUT2D eigenvalue weighted by atomic mass is 14.9. The molecule has 29 heavy (non-hydrogen) atoms. The predicted molar refractivity (Wildman–Crippen MR) is 124 cm³/mol. The normalized spacial score (nSPS) is 14.0. The fourth-order valence-electron chi connectivity index (χ4n) is 4.66. The second-order valence-electron chi connectivity index (χ2n) is 7.83. The van der Waals surface area contributed by atoms with Crippen LogP contribution < -0.4 is 5.32 Å². The minimum atomic E-state index is 1.03. The highest BCUT2D eigenvalue weighted by Crippen LogP contribution is 2.42. The van der Waals surface area contributed by atoms with Gasteiger partial charge in [-0.25, -0.2) is 0 Å².